The predicted octanol–water partition coefficient (Wildman–Crippen LogP) is 1.88. The SMILES string of the molecule is O=C(NCCN1C(=O)Cc2ccccc21)C1CCCC1. The van der Waals surface area contributed by atoms with Crippen LogP contribution in [0, 0.1) is 5.92 Å². The topological polar surface area (TPSA) is 49.4 Å². The summed E-state index contributed by atoms with van der Waals surface area (Å²) in [6.07, 6.45) is 4.83. The van der Waals surface area contributed by atoms with E-state index in [1.54, 1.807) is 4.90 Å². The molecule has 1 heterocycles. The number of nitrogens with one attached hydrogen (secondary N) is 1. The predicted molar refractivity (Wildman–Crippen MR) is 77.5 cm³/mol. The minimum atomic E-state index is 0.126. The van der Waals surface area contributed by atoms with E-state index in [2.05, 4.69) is 5.32 Å². The molecule has 0 unspecified atom stereocenters. The number of para-hydroxylation sites is 1. The largest absolute Gasteiger partial charge is 0.354 e. The molecule has 4 nitrogen and oxygen atoms in total. The average molecular weight is 272 g/mol. The Morgan fingerprint density at radius 2 is 2.00 bits per heavy atom. The van der Waals surface area contributed by atoms with Crippen LogP contribution >= 0.6 is 0 Å². The van der Waals surface area contributed by atoms with Crippen molar-refractivity contribution in [3.8, 4) is 0 Å². The molecule has 2 amide bonds. The third kappa shape index (κ3) is 2.55. The van der Waals surface area contributed by atoms with Gasteiger partial charge in [-0.15, -0.1) is 0 Å². The van der Waals surface area contributed by atoms with Gasteiger partial charge in [0.15, 0.2) is 0 Å². The second-order valence-electron chi connectivity index (χ2n) is 5.62. The van der Waals surface area contributed by atoms with Gasteiger partial charge in [0, 0.05) is 24.7 Å². The molecule has 1 aliphatic heterocycles. The smallest absolute Gasteiger partial charge is 0.231 e. The van der Waals surface area contributed by atoms with Crippen molar-refractivity contribution in [1.82, 2.24) is 5.32 Å². The highest BCUT2D eigenvalue weighted by Gasteiger charge is 2.27. The van der Waals surface area contributed by atoms with E-state index in [0.29, 0.717) is 19.5 Å². The van der Waals surface area contributed by atoms with Gasteiger partial charge in [-0.1, -0.05) is 31.0 Å². The number of rotatable bonds is 4. The summed E-state index contributed by atoms with van der Waals surface area (Å²) in [7, 11) is 0. The van der Waals surface area contributed by atoms with Crippen molar-refractivity contribution >= 4 is 17.5 Å². The van der Waals surface area contributed by atoms with E-state index in [0.717, 1.165) is 36.9 Å². The third-order valence-corrected chi connectivity index (χ3v) is 4.29. The summed E-state index contributed by atoms with van der Waals surface area (Å²) in [6.45, 7) is 1.10. The van der Waals surface area contributed by atoms with E-state index >= 15 is 0 Å². The van der Waals surface area contributed by atoms with Crippen molar-refractivity contribution in [2.24, 2.45) is 5.92 Å². The average Bonchev–Trinajstić information content (AvgIpc) is 3.07. The molecule has 106 valence electrons. The standard InChI is InChI=1S/C16H20N2O2/c19-15-11-13-7-3-4-8-14(13)18(15)10-9-17-16(20)12-5-1-2-6-12/h3-4,7-8,12H,1-2,5-6,9-11H2,(H,17,20). The van der Waals surface area contributed by atoms with Crippen LogP contribution in [0.1, 0.15) is 31.2 Å². The summed E-state index contributed by atoms with van der Waals surface area (Å²) in [5.41, 5.74) is 2.08. The van der Waals surface area contributed by atoms with Gasteiger partial charge < -0.3 is 10.2 Å². The second kappa shape index (κ2) is 5.65. The van der Waals surface area contributed by atoms with Gasteiger partial charge in [0.1, 0.15) is 0 Å². The van der Waals surface area contributed by atoms with Gasteiger partial charge in [0.05, 0.1) is 6.42 Å². The first-order chi connectivity index (χ1) is 9.75. The fourth-order valence-corrected chi connectivity index (χ4v) is 3.18. The van der Waals surface area contributed by atoms with Gasteiger partial charge in [-0.3, -0.25) is 9.59 Å². The molecule has 0 bridgehead atoms. The van der Waals surface area contributed by atoms with Crippen molar-refractivity contribution in [2.45, 2.75) is 32.1 Å². The Hall–Kier alpha value is -1.84. The molecule has 1 N–H and O–H groups in total. The van der Waals surface area contributed by atoms with Crippen LogP contribution in [-0.2, 0) is 16.0 Å². The first-order valence-corrected chi connectivity index (χ1v) is 7.41. The number of carbonyl (C=O) groups is 2. The van der Waals surface area contributed by atoms with Crippen molar-refractivity contribution < 1.29 is 9.59 Å². The Kier molecular flexibility index (Phi) is 3.72. The lowest BCUT2D eigenvalue weighted by Crippen LogP contribution is -2.38. The van der Waals surface area contributed by atoms with Crippen LogP contribution in [-0.4, -0.2) is 24.9 Å². The first kappa shape index (κ1) is 13.2. The molecular weight excluding hydrogens is 252 g/mol. The Balaban J connectivity index is 1.54. The van der Waals surface area contributed by atoms with Crippen molar-refractivity contribution in [3.63, 3.8) is 0 Å². The molecule has 2 aliphatic rings. The van der Waals surface area contributed by atoms with Crippen LogP contribution in [0.2, 0.25) is 0 Å². The quantitative estimate of drug-likeness (QED) is 0.910. The van der Waals surface area contributed by atoms with E-state index in [-0.39, 0.29) is 17.7 Å². The molecule has 0 saturated heterocycles. The number of fused-ring (bicyclic) bond motifs is 1. The maximum absolute atomic E-state index is 12.0. The van der Waals surface area contributed by atoms with E-state index in [1.165, 1.54) is 0 Å². The maximum atomic E-state index is 12.0. The minimum absolute atomic E-state index is 0.126. The fourth-order valence-electron chi connectivity index (χ4n) is 3.18. The first-order valence-electron chi connectivity index (χ1n) is 7.41. The zero-order chi connectivity index (χ0) is 13.9. The Morgan fingerprint density at radius 1 is 1.25 bits per heavy atom. The fraction of sp³-hybridized carbons (Fsp3) is 0.500. The molecule has 4 heteroatoms. The molecule has 20 heavy (non-hydrogen) atoms. The van der Waals surface area contributed by atoms with E-state index in [9.17, 15) is 9.59 Å². The number of benzene rings is 1. The molecule has 1 aromatic rings. The van der Waals surface area contributed by atoms with E-state index < -0.39 is 0 Å². The zero-order valence-electron chi connectivity index (χ0n) is 11.6. The highest BCUT2D eigenvalue weighted by Crippen LogP contribution is 2.28. The molecular formula is C16H20N2O2. The molecule has 0 atom stereocenters. The molecule has 1 fully saturated rings. The summed E-state index contributed by atoms with van der Waals surface area (Å²) in [5, 5.41) is 2.97. The molecule has 1 aliphatic carbocycles. The van der Waals surface area contributed by atoms with Crippen LogP contribution in [0.25, 0.3) is 0 Å². The van der Waals surface area contributed by atoms with Gasteiger partial charge in [-0.25, -0.2) is 0 Å². The van der Waals surface area contributed by atoms with Crippen LogP contribution in [0.5, 0.6) is 0 Å². The van der Waals surface area contributed by atoms with Gasteiger partial charge >= 0.3 is 0 Å². The lowest BCUT2D eigenvalue weighted by atomic mass is 10.1. The minimum Gasteiger partial charge on any atom is -0.354 e. The van der Waals surface area contributed by atoms with Crippen LogP contribution < -0.4 is 10.2 Å². The summed E-state index contributed by atoms with van der Waals surface area (Å²) >= 11 is 0. The number of carbonyl (C=O) groups excluding carboxylic acids is 2. The van der Waals surface area contributed by atoms with Gasteiger partial charge in [0.2, 0.25) is 11.8 Å². The number of nitrogens with zero attached hydrogens (tertiary/aromatic N) is 1. The van der Waals surface area contributed by atoms with Gasteiger partial charge in [-0.2, -0.15) is 0 Å². The van der Waals surface area contributed by atoms with E-state index in [4.69, 9.17) is 0 Å². The second-order valence-corrected chi connectivity index (χ2v) is 5.62. The maximum Gasteiger partial charge on any atom is 0.231 e. The van der Waals surface area contributed by atoms with Crippen molar-refractivity contribution in [1.29, 1.82) is 0 Å². The highest BCUT2D eigenvalue weighted by atomic mass is 16.2. The number of hydrogen-bond acceptors (Lipinski definition) is 2. The zero-order valence-corrected chi connectivity index (χ0v) is 11.6. The monoisotopic (exact) mass is 272 g/mol. The van der Waals surface area contributed by atoms with Crippen molar-refractivity contribution in [3.05, 3.63) is 29.8 Å². The number of anilines is 1. The van der Waals surface area contributed by atoms with Gasteiger partial charge in [-0.05, 0) is 24.5 Å². The molecule has 0 aromatic heterocycles. The molecule has 3 rings (SSSR count). The summed E-state index contributed by atoms with van der Waals surface area (Å²) in [4.78, 5) is 25.7. The highest BCUT2D eigenvalue weighted by molar-refractivity contribution is 6.01. The van der Waals surface area contributed by atoms with E-state index in [1.807, 2.05) is 24.3 Å². The lowest BCUT2D eigenvalue weighted by molar-refractivity contribution is -0.125. The molecule has 0 spiro atoms. The van der Waals surface area contributed by atoms with Crippen molar-refractivity contribution in [2.75, 3.05) is 18.0 Å². The van der Waals surface area contributed by atoms with Crippen LogP contribution in [0.4, 0.5) is 5.69 Å². The number of amides is 2. The third-order valence-electron chi connectivity index (χ3n) is 4.29. The molecule has 1 aromatic carbocycles. The lowest BCUT2D eigenvalue weighted by Gasteiger charge is -2.18. The summed E-state index contributed by atoms with van der Waals surface area (Å²) in [6, 6.07) is 7.86. The Bertz CT molecular complexity index is 521. The van der Waals surface area contributed by atoms with Crippen LogP contribution in [0.15, 0.2) is 24.3 Å². The Labute approximate surface area is 119 Å². The molecule has 1 saturated carbocycles. The van der Waals surface area contributed by atoms with Crippen LogP contribution in [0.3, 0.4) is 0 Å². The Morgan fingerprint density at radius 3 is 2.80 bits per heavy atom. The molecule has 0 radical (unpaired) electrons. The van der Waals surface area contributed by atoms with Gasteiger partial charge in [0.25, 0.3) is 0 Å². The number of hydrogen-bond donors (Lipinski definition) is 1. The normalized spacial score (nSPS) is 18.4. The summed E-state index contributed by atoms with van der Waals surface area (Å²) in [5.74, 6) is 0.473. The summed E-state index contributed by atoms with van der Waals surface area (Å²) < 4.78 is 0.